The lowest BCUT2D eigenvalue weighted by molar-refractivity contribution is -0.139. The zero-order valence-electron chi connectivity index (χ0n) is 11.0. The van der Waals surface area contributed by atoms with Crippen LogP contribution in [0, 0.1) is 0 Å². The molecule has 1 amide bonds. The topological polar surface area (TPSA) is 32.3 Å². The maximum absolute atomic E-state index is 13.1. The number of halogens is 3. The quantitative estimate of drug-likeness (QED) is 0.905. The second kappa shape index (κ2) is 4.22. The van der Waals surface area contributed by atoms with E-state index in [4.69, 9.17) is 0 Å². The Labute approximate surface area is 114 Å². The standard InChI is InChI=1S/C14H15F3N2O/c1-2-19-11(18-13(7-8-13)12(19)20)9-5-3-4-6-10(9)14(15,16)17/h3-6,11,18H,2,7-8H2,1H3. The largest absolute Gasteiger partial charge is 0.416 e. The molecule has 1 aromatic carbocycles. The molecule has 0 bridgehead atoms. The highest BCUT2D eigenvalue weighted by Gasteiger charge is 2.59. The Morgan fingerprint density at radius 3 is 2.55 bits per heavy atom. The number of amides is 1. The third-order valence-electron chi connectivity index (χ3n) is 4.05. The molecule has 6 heteroatoms. The molecule has 1 heterocycles. The number of nitrogens with zero attached hydrogens (tertiary/aromatic N) is 1. The number of hydrogen-bond donors (Lipinski definition) is 1. The molecule has 0 radical (unpaired) electrons. The predicted octanol–water partition coefficient (Wildman–Crippen LogP) is 2.69. The molecule has 1 aromatic rings. The molecular weight excluding hydrogens is 269 g/mol. The molecule has 1 N–H and O–H groups in total. The highest BCUT2D eigenvalue weighted by Crippen LogP contribution is 2.47. The Kier molecular flexibility index (Phi) is 2.83. The fourth-order valence-corrected chi connectivity index (χ4v) is 2.84. The lowest BCUT2D eigenvalue weighted by atomic mass is 10.0. The van der Waals surface area contributed by atoms with Crippen LogP contribution in [0.4, 0.5) is 13.2 Å². The lowest BCUT2D eigenvalue weighted by Crippen LogP contribution is -2.32. The first-order valence-corrected chi connectivity index (χ1v) is 6.64. The summed E-state index contributed by atoms with van der Waals surface area (Å²) in [5.41, 5.74) is -1.17. The molecule has 1 aliphatic carbocycles. The first kappa shape index (κ1) is 13.4. The molecule has 2 aliphatic rings. The van der Waals surface area contributed by atoms with Crippen LogP contribution in [0.25, 0.3) is 0 Å². The molecule has 1 spiro atoms. The molecule has 20 heavy (non-hydrogen) atoms. The number of hydrogen-bond acceptors (Lipinski definition) is 2. The molecule has 108 valence electrons. The molecule has 1 unspecified atom stereocenters. The summed E-state index contributed by atoms with van der Waals surface area (Å²) in [7, 11) is 0. The first-order chi connectivity index (χ1) is 9.39. The van der Waals surface area contributed by atoms with Gasteiger partial charge in [-0.25, -0.2) is 0 Å². The van der Waals surface area contributed by atoms with E-state index in [0.29, 0.717) is 19.4 Å². The summed E-state index contributed by atoms with van der Waals surface area (Å²) in [5.74, 6) is -0.0815. The van der Waals surface area contributed by atoms with Crippen molar-refractivity contribution in [1.29, 1.82) is 0 Å². The summed E-state index contributed by atoms with van der Waals surface area (Å²) in [6.45, 7) is 2.18. The molecule has 1 saturated heterocycles. The van der Waals surface area contributed by atoms with Crippen LogP contribution < -0.4 is 5.32 Å². The molecule has 3 rings (SSSR count). The molecule has 3 nitrogen and oxygen atoms in total. The van der Waals surface area contributed by atoms with E-state index in [2.05, 4.69) is 5.32 Å². The van der Waals surface area contributed by atoms with Gasteiger partial charge in [-0.1, -0.05) is 18.2 Å². The number of nitrogens with one attached hydrogen (secondary N) is 1. The van der Waals surface area contributed by atoms with Crippen molar-refractivity contribution in [1.82, 2.24) is 10.2 Å². The van der Waals surface area contributed by atoms with Gasteiger partial charge in [0.25, 0.3) is 0 Å². The average Bonchev–Trinajstić information content (AvgIpc) is 3.12. The highest BCUT2D eigenvalue weighted by molar-refractivity contribution is 5.92. The normalized spacial score (nSPS) is 24.5. The van der Waals surface area contributed by atoms with Gasteiger partial charge in [0.15, 0.2) is 0 Å². The summed E-state index contributed by atoms with van der Waals surface area (Å²) in [5, 5.41) is 3.10. The van der Waals surface area contributed by atoms with Gasteiger partial charge < -0.3 is 4.90 Å². The van der Waals surface area contributed by atoms with E-state index in [1.165, 1.54) is 17.0 Å². The third kappa shape index (κ3) is 1.90. The van der Waals surface area contributed by atoms with Crippen LogP contribution in [0.2, 0.25) is 0 Å². The van der Waals surface area contributed by atoms with Gasteiger partial charge in [-0.3, -0.25) is 10.1 Å². The number of likely N-dealkylation sites (N-methyl/N-ethyl adjacent to an activating group) is 1. The Balaban J connectivity index is 2.03. The van der Waals surface area contributed by atoms with Gasteiger partial charge in [0.05, 0.1) is 5.56 Å². The van der Waals surface area contributed by atoms with Crippen molar-refractivity contribution in [2.45, 2.75) is 37.6 Å². The fraction of sp³-hybridized carbons (Fsp3) is 0.500. The van der Waals surface area contributed by atoms with Crippen LogP contribution >= 0.6 is 0 Å². The number of carbonyl (C=O) groups is 1. The molecule has 1 saturated carbocycles. The maximum atomic E-state index is 13.1. The summed E-state index contributed by atoms with van der Waals surface area (Å²) < 4.78 is 39.3. The monoisotopic (exact) mass is 284 g/mol. The predicted molar refractivity (Wildman–Crippen MR) is 66.7 cm³/mol. The molecule has 0 aromatic heterocycles. The van der Waals surface area contributed by atoms with Crippen molar-refractivity contribution in [2.75, 3.05) is 6.54 Å². The molecule has 1 aliphatic heterocycles. The van der Waals surface area contributed by atoms with Crippen LogP contribution in [0.3, 0.4) is 0 Å². The van der Waals surface area contributed by atoms with Crippen LogP contribution in [-0.2, 0) is 11.0 Å². The van der Waals surface area contributed by atoms with Crippen LogP contribution in [0.15, 0.2) is 24.3 Å². The third-order valence-corrected chi connectivity index (χ3v) is 4.05. The van der Waals surface area contributed by atoms with Crippen LogP contribution in [0.1, 0.15) is 37.1 Å². The Morgan fingerprint density at radius 1 is 1.35 bits per heavy atom. The van der Waals surface area contributed by atoms with E-state index in [1.807, 2.05) is 0 Å². The Morgan fingerprint density at radius 2 is 2.00 bits per heavy atom. The second-order valence-electron chi connectivity index (χ2n) is 5.31. The minimum Gasteiger partial charge on any atom is -0.322 e. The maximum Gasteiger partial charge on any atom is 0.416 e. The lowest BCUT2D eigenvalue weighted by Gasteiger charge is -2.25. The zero-order chi connectivity index (χ0) is 14.5. The second-order valence-corrected chi connectivity index (χ2v) is 5.31. The van der Waals surface area contributed by atoms with Crippen molar-refractivity contribution in [3.8, 4) is 0 Å². The van der Waals surface area contributed by atoms with E-state index < -0.39 is 23.4 Å². The number of rotatable bonds is 2. The van der Waals surface area contributed by atoms with Gasteiger partial charge in [-0.15, -0.1) is 0 Å². The van der Waals surface area contributed by atoms with Gasteiger partial charge in [-0.05, 0) is 25.8 Å². The Hall–Kier alpha value is -1.56. The highest BCUT2D eigenvalue weighted by atomic mass is 19.4. The zero-order valence-corrected chi connectivity index (χ0v) is 11.0. The van der Waals surface area contributed by atoms with Crippen molar-refractivity contribution in [3.05, 3.63) is 35.4 Å². The minimum absolute atomic E-state index is 0.0815. The van der Waals surface area contributed by atoms with E-state index >= 15 is 0 Å². The van der Waals surface area contributed by atoms with E-state index in [1.54, 1.807) is 13.0 Å². The van der Waals surface area contributed by atoms with Crippen molar-refractivity contribution in [2.24, 2.45) is 0 Å². The number of alkyl halides is 3. The first-order valence-electron chi connectivity index (χ1n) is 6.64. The van der Waals surface area contributed by atoms with Gasteiger partial charge in [0, 0.05) is 12.1 Å². The molecule has 1 atom stereocenters. The molecular formula is C14H15F3N2O. The van der Waals surface area contributed by atoms with Crippen LogP contribution in [-0.4, -0.2) is 22.9 Å². The van der Waals surface area contributed by atoms with Crippen LogP contribution in [0.5, 0.6) is 0 Å². The average molecular weight is 284 g/mol. The van der Waals surface area contributed by atoms with E-state index in [-0.39, 0.29) is 11.5 Å². The van der Waals surface area contributed by atoms with E-state index in [9.17, 15) is 18.0 Å². The molecule has 2 fully saturated rings. The fourth-order valence-electron chi connectivity index (χ4n) is 2.84. The van der Waals surface area contributed by atoms with Gasteiger partial charge in [-0.2, -0.15) is 13.2 Å². The minimum atomic E-state index is -4.42. The smallest absolute Gasteiger partial charge is 0.322 e. The summed E-state index contributed by atoms with van der Waals surface area (Å²) in [6.07, 6.45) is -3.70. The SMILES string of the molecule is CCN1C(=O)C2(CC2)NC1c1ccccc1C(F)(F)F. The number of carbonyl (C=O) groups excluding carboxylic acids is 1. The summed E-state index contributed by atoms with van der Waals surface area (Å²) >= 11 is 0. The van der Waals surface area contributed by atoms with Gasteiger partial charge >= 0.3 is 6.18 Å². The van der Waals surface area contributed by atoms with Crippen molar-refractivity contribution >= 4 is 5.91 Å². The number of benzene rings is 1. The summed E-state index contributed by atoms with van der Waals surface area (Å²) in [6, 6.07) is 5.44. The Bertz CT molecular complexity index is 552. The van der Waals surface area contributed by atoms with Crippen molar-refractivity contribution in [3.63, 3.8) is 0 Å². The summed E-state index contributed by atoms with van der Waals surface area (Å²) in [4.78, 5) is 13.7. The van der Waals surface area contributed by atoms with Gasteiger partial charge in [0.2, 0.25) is 5.91 Å². The van der Waals surface area contributed by atoms with Crippen molar-refractivity contribution < 1.29 is 18.0 Å². The van der Waals surface area contributed by atoms with E-state index in [0.717, 1.165) is 6.07 Å². The van der Waals surface area contributed by atoms with Gasteiger partial charge in [0.1, 0.15) is 11.7 Å².